The molecule has 1 aromatic carbocycles. The zero-order valence-electron chi connectivity index (χ0n) is 10.9. The minimum Gasteiger partial charge on any atom is -0.478 e. The van der Waals surface area contributed by atoms with Crippen LogP contribution in [0.5, 0.6) is 0 Å². The van der Waals surface area contributed by atoms with Crippen molar-refractivity contribution < 1.29 is 23.1 Å². The summed E-state index contributed by atoms with van der Waals surface area (Å²) in [7, 11) is 0. The monoisotopic (exact) mass is 289 g/mol. The molecule has 0 saturated heterocycles. The number of benzene rings is 1. The summed E-state index contributed by atoms with van der Waals surface area (Å²) >= 11 is 0. The van der Waals surface area contributed by atoms with Gasteiger partial charge < -0.3 is 9.52 Å². The number of halogens is 2. The highest BCUT2D eigenvalue weighted by Gasteiger charge is 2.22. The van der Waals surface area contributed by atoms with Gasteiger partial charge in [-0.3, -0.25) is 0 Å². The van der Waals surface area contributed by atoms with Crippen molar-refractivity contribution in [2.24, 2.45) is 0 Å². The molecular weight excluding hydrogens is 280 g/mol. The molecular formula is C15H9F2NO3. The van der Waals surface area contributed by atoms with Crippen LogP contribution in [0.4, 0.5) is 8.78 Å². The van der Waals surface area contributed by atoms with Gasteiger partial charge in [-0.2, -0.15) is 0 Å². The molecule has 0 amide bonds. The second-order valence-corrected chi connectivity index (χ2v) is 4.52. The number of hydrogen-bond acceptors (Lipinski definition) is 3. The van der Waals surface area contributed by atoms with Crippen LogP contribution < -0.4 is 0 Å². The molecule has 0 aliphatic rings. The summed E-state index contributed by atoms with van der Waals surface area (Å²) in [6, 6.07) is 4.86. The zero-order chi connectivity index (χ0) is 15.1. The average Bonchev–Trinajstić information content (AvgIpc) is 2.92. The van der Waals surface area contributed by atoms with Gasteiger partial charge in [-0.25, -0.2) is 18.6 Å². The maximum atomic E-state index is 14.0. The van der Waals surface area contributed by atoms with Gasteiger partial charge in [0.25, 0.3) is 0 Å². The Morgan fingerprint density at radius 1 is 1.33 bits per heavy atom. The number of rotatable bonds is 2. The molecule has 0 saturated carbocycles. The molecule has 0 unspecified atom stereocenters. The van der Waals surface area contributed by atoms with E-state index in [4.69, 9.17) is 4.42 Å². The number of carbonyl (C=O) groups is 1. The first-order valence-electron chi connectivity index (χ1n) is 6.05. The standard InChI is InChI=1S/C15H9F2NO3/c1-7-12(15(19)20)13-9(17)5-8(16)6-10(13)18-14(7)11-3-2-4-21-11/h2-6H,1H3,(H,19,20). The molecule has 0 atom stereocenters. The van der Waals surface area contributed by atoms with Gasteiger partial charge in [-0.15, -0.1) is 0 Å². The Hall–Kier alpha value is -2.76. The highest BCUT2D eigenvalue weighted by Crippen LogP contribution is 2.31. The van der Waals surface area contributed by atoms with E-state index >= 15 is 0 Å². The first-order valence-corrected chi connectivity index (χ1v) is 6.05. The van der Waals surface area contributed by atoms with E-state index in [2.05, 4.69) is 4.98 Å². The number of carboxylic acid groups (broad SMARTS) is 1. The Bertz CT molecular complexity index is 857. The quantitative estimate of drug-likeness (QED) is 0.779. The van der Waals surface area contributed by atoms with E-state index in [0.29, 0.717) is 11.8 Å². The smallest absolute Gasteiger partial charge is 0.336 e. The Kier molecular flexibility index (Phi) is 2.94. The first kappa shape index (κ1) is 13.2. The number of aromatic nitrogens is 1. The van der Waals surface area contributed by atoms with Crippen LogP contribution in [0.15, 0.2) is 34.9 Å². The Morgan fingerprint density at radius 3 is 2.71 bits per heavy atom. The van der Waals surface area contributed by atoms with Gasteiger partial charge in [0, 0.05) is 12.1 Å². The third kappa shape index (κ3) is 2.05. The van der Waals surface area contributed by atoms with Crippen LogP contribution in [-0.4, -0.2) is 16.1 Å². The number of furan rings is 1. The summed E-state index contributed by atoms with van der Waals surface area (Å²) in [5.41, 5.74) is 0.191. The molecule has 0 spiro atoms. The number of carboxylic acids is 1. The lowest BCUT2D eigenvalue weighted by Crippen LogP contribution is -2.06. The van der Waals surface area contributed by atoms with Crippen molar-refractivity contribution in [2.75, 3.05) is 0 Å². The summed E-state index contributed by atoms with van der Waals surface area (Å²) in [6.07, 6.45) is 1.41. The molecule has 1 N–H and O–H groups in total. The fourth-order valence-corrected chi connectivity index (χ4v) is 2.33. The molecule has 6 heteroatoms. The van der Waals surface area contributed by atoms with Crippen LogP contribution in [0.25, 0.3) is 22.4 Å². The van der Waals surface area contributed by atoms with Gasteiger partial charge >= 0.3 is 5.97 Å². The third-order valence-corrected chi connectivity index (χ3v) is 3.22. The van der Waals surface area contributed by atoms with E-state index in [1.807, 2.05) is 0 Å². The molecule has 0 aliphatic carbocycles. The van der Waals surface area contributed by atoms with Crippen LogP contribution >= 0.6 is 0 Å². The van der Waals surface area contributed by atoms with Crippen molar-refractivity contribution in [3.63, 3.8) is 0 Å². The second-order valence-electron chi connectivity index (χ2n) is 4.52. The molecule has 21 heavy (non-hydrogen) atoms. The number of nitrogens with zero attached hydrogens (tertiary/aromatic N) is 1. The topological polar surface area (TPSA) is 63.3 Å². The highest BCUT2D eigenvalue weighted by atomic mass is 19.1. The van der Waals surface area contributed by atoms with E-state index in [0.717, 1.165) is 6.07 Å². The second kappa shape index (κ2) is 4.66. The maximum absolute atomic E-state index is 14.0. The predicted octanol–water partition coefficient (Wildman–Crippen LogP) is 3.78. The van der Waals surface area contributed by atoms with Crippen molar-refractivity contribution in [1.29, 1.82) is 0 Å². The van der Waals surface area contributed by atoms with Crippen molar-refractivity contribution in [3.05, 3.63) is 53.3 Å². The summed E-state index contributed by atoms with van der Waals surface area (Å²) in [5, 5.41) is 9.15. The van der Waals surface area contributed by atoms with Crippen LogP contribution in [0.1, 0.15) is 15.9 Å². The van der Waals surface area contributed by atoms with E-state index < -0.39 is 17.6 Å². The lowest BCUT2D eigenvalue weighted by atomic mass is 10.00. The van der Waals surface area contributed by atoms with Crippen LogP contribution in [0, 0.1) is 18.6 Å². The van der Waals surface area contributed by atoms with Crippen molar-refractivity contribution in [1.82, 2.24) is 4.98 Å². The minimum atomic E-state index is -1.31. The van der Waals surface area contributed by atoms with E-state index in [9.17, 15) is 18.7 Å². The van der Waals surface area contributed by atoms with Gasteiger partial charge in [-0.1, -0.05) is 0 Å². The van der Waals surface area contributed by atoms with Gasteiger partial charge in [-0.05, 0) is 24.6 Å². The van der Waals surface area contributed by atoms with Gasteiger partial charge in [0.1, 0.15) is 17.3 Å². The fourth-order valence-electron chi connectivity index (χ4n) is 2.33. The molecule has 3 rings (SSSR count). The molecule has 0 fully saturated rings. The van der Waals surface area contributed by atoms with Crippen LogP contribution in [0.2, 0.25) is 0 Å². The lowest BCUT2D eigenvalue weighted by Gasteiger charge is -2.11. The summed E-state index contributed by atoms with van der Waals surface area (Å²) in [4.78, 5) is 15.6. The molecule has 2 heterocycles. The van der Waals surface area contributed by atoms with Crippen LogP contribution in [0.3, 0.4) is 0 Å². The van der Waals surface area contributed by atoms with E-state index in [1.165, 1.54) is 13.2 Å². The minimum absolute atomic E-state index is 0.0677. The molecule has 2 aromatic heterocycles. The van der Waals surface area contributed by atoms with Crippen molar-refractivity contribution in [3.8, 4) is 11.5 Å². The van der Waals surface area contributed by atoms with E-state index in [1.54, 1.807) is 12.1 Å². The van der Waals surface area contributed by atoms with Crippen molar-refractivity contribution in [2.45, 2.75) is 6.92 Å². The fraction of sp³-hybridized carbons (Fsp3) is 0.0667. The van der Waals surface area contributed by atoms with Crippen molar-refractivity contribution >= 4 is 16.9 Å². The van der Waals surface area contributed by atoms with Gasteiger partial charge in [0.05, 0.1) is 22.7 Å². The Labute approximate surface area is 117 Å². The third-order valence-electron chi connectivity index (χ3n) is 3.22. The Morgan fingerprint density at radius 2 is 2.10 bits per heavy atom. The Balaban J connectivity index is 2.48. The number of hydrogen-bond donors (Lipinski definition) is 1. The van der Waals surface area contributed by atoms with E-state index in [-0.39, 0.29) is 27.7 Å². The first-order chi connectivity index (χ1) is 9.99. The molecule has 3 aromatic rings. The normalized spacial score (nSPS) is 11.0. The number of fused-ring (bicyclic) bond motifs is 1. The molecule has 0 radical (unpaired) electrons. The molecule has 0 bridgehead atoms. The van der Waals surface area contributed by atoms with Gasteiger partial charge in [0.15, 0.2) is 5.76 Å². The number of pyridine rings is 1. The van der Waals surface area contributed by atoms with Crippen LogP contribution in [-0.2, 0) is 0 Å². The molecule has 106 valence electrons. The largest absolute Gasteiger partial charge is 0.478 e. The lowest BCUT2D eigenvalue weighted by molar-refractivity contribution is 0.0698. The SMILES string of the molecule is Cc1c(-c2ccco2)nc2cc(F)cc(F)c2c1C(=O)O. The van der Waals surface area contributed by atoms with Gasteiger partial charge in [0.2, 0.25) is 0 Å². The zero-order valence-corrected chi connectivity index (χ0v) is 10.9. The maximum Gasteiger partial charge on any atom is 0.336 e. The molecule has 4 nitrogen and oxygen atoms in total. The predicted molar refractivity (Wildman–Crippen MR) is 71.1 cm³/mol. The average molecular weight is 289 g/mol. The summed E-state index contributed by atoms with van der Waals surface area (Å²) in [6.45, 7) is 1.51. The molecule has 0 aliphatic heterocycles. The summed E-state index contributed by atoms with van der Waals surface area (Å²) < 4.78 is 32.5. The summed E-state index contributed by atoms with van der Waals surface area (Å²) in [5.74, 6) is -2.75. The highest BCUT2D eigenvalue weighted by molar-refractivity contribution is 6.05. The number of aromatic carboxylic acids is 1.